The first-order chi connectivity index (χ1) is 10.0. The van der Waals surface area contributed by atoms with Crippen LogP contribution in [0.25, 0.3) is 11.1 Å². The fourth-order valence-electron chi connectivity index (χ4n) is 2.30. The Morgan fingerprint density at radius 3 is 2.48 bits per heavy atom. The van der Waals surface area contributed by atoms with Gasteiger partial charge in [-0.15, -0.1) is 0 Å². The van der Waals surface area contributed by atoms with Crippen molar-refractivity contribution in [2.45, 2.75) is 19.4 Å². The minimum absolute atomic E-state index is 0.445. The maximum atomic E-state index is 6.30. The zero-order valence-electron chi connectivity index (χ0n) is 13.1. The van der Waals surface area contributed by atoms with E-state index >= 15 is 0 Å². The lowest BCUT2D eigenvalue weighted by Crippen LogP contribution is -2.26. The topological polar surface area (TPSA) is 12.5 Å². The number of ether oxygens (including phenoxy) is 1. The highest BCUT2D eigenvalue weighted by atomic mass is 35.5. The Morgan fingerprint density at radius 2 is 1.86 bits per heavy atom. The maximum absolute atomic E-state index is 6.30. The summed E-state index contributed by atoms with van der Waals surface area (Å²) in [5, 5.41) is 0.772. The van der Waals surface area contributed by atoms with E-state index in [1.165, 1.54) is 5.56 Å². The molecule has 0 aromatic heterocycles. The molecule has 0 saturated carbocycles. The van der Waals surface area contributed by atoms with Crippen LogP contribution in [0.4, 0.5) is 0 Å². The van der Waals surface area contributed by atoms with E-state index in [9.17, 15) is 0 Å². The largest absolute Gasteiger partial charge is 0.496 e. The van der Waals surface area contributed by atoms with E-state index in [0.29, 0.717) is 6.04 Å². The summed E-state index contributed by atoms with van der Waals surface area (Å²) in [4.78, 5) is 2.21. The van der Waals surface area contributed by atoms with Gasteiger partial charge >= 0.3 is 0 Å². The molecule has 1 unspecified atom stereocenters. The molecule has 0 spiro atoms. The average Bonchev–Trinajstić information content (AvgIpc) is 2.47. The van der Waals surface area contributed by atoms with Crippen molar-refractivity contribution in [1.29, 1.82) is 0 Å². The highest BCUT2D eigenvalue weighted by Crippen LogP contribution is 2.32. The van der Waals surface area contributed by atoms with Gasteiger partial charge in [0.1, 0.15) is 5.75 Å². The molecule has 0 aliphatic heterocycles. The molecule has 0 amide bonds. The summed E-state index contributed by atoms with van der Waals surface area (Å²) in [7, 11) is 5.90. The van der Waals surface area contributed by atoms with Crippen molar-refractivity contribution in [1.82, 2.24) is 4.90 Å². The molecule has 0 fully saturated rings. The van der Waals surface area contributed by atoms with Gasteiger partial charge in [0.15, 0.2) is 0 Å². The Balaban J connectivity index is 2.40. The molecule has 21 heavy (non-hydrogen) atoms. The van der Waals surface area contributed by atoms with Crippen LogP contribution >= 0.6 is 11.6 Å². The van der Waals surface area contributed by atoms with Crippen molar-refractivity contribution < 1.29 is 4.74 Å². The molecule has 2 rings (SSSR count). The second-order valence-corrected chi connectivity index (χ2v) is 5.93. The van der Waals surface area contributed by atoms with Gasteiger partial charge in [0.25, 0.3) is 0 Å². The number of methoxy groups -OCH3 is 1. The molecular weight excluding hydrogens is 282 g/mol. The van der Waals surface area contributed by atoms with Crippen LogP contribution in [0.5, 0.6) is 5.75 Å². The first kappa shape index (κ1) is 15.9. The number of hydrogen-bond donors (Lipinski definition) is 0. The Morgan fingerprint density at radius 1 is 1.14 bits per heavy atom. The normalized spacial score (nSPS) is 12.5. The van der Waals surface area contributed by atoms with E-state index in [1.807, 2.05) is 30.3 Å². The number of nitrogens with zero attached hydrogens (tertiary/aromatic N) is 1. The van der Waals surface area contributed by atoms with Gasteiger partial charge in [-0.05, 0) is 56.8 Å². The number of hydrogen-bond acceptors (Lipinski definition) is 2. The lowest BCUT2D eigenvalue weighted by atomic mass is 9.98. The molecule has 3 heteroatoms. The van der Waals surface area contributed by atoms with E-state index in [2.05, 4.69) is 38.1 Å². The lowest BCUT2D eigenvalue weighted by Gasteiger charge is -2.21. The summed E-state index contributed by atoms with van der Waals surface area (Å²) in [5.74, 6) is 0.930. The molecule has 2 aromatic carbocycles. The SMILES string of the molecule is COc1ccc(-c2ccccc2Cl)cc1CC(C)N(C)C. The third-order valence-electron chi connectivity index (χ3n) is 3.86. The molecule has 0 heterocycles. The average molecular weight is 304 g/mol. The van der Waals surface area contributed by atoms with Gasteiger partial charge in [-0.2, -0.15) is 0 Å². The number of likely N-dealkylation sites (N-methyl/N-ethyl adjacent to an activating group) is 1. The fraction of sp³-hybridized carbons (Fsp3) is 0.333. The van der Waals surface area contributed by atoms with Gasteiger partial charge in [-0.25, -0.2) is 0 Å². The molecule has 0 radical (unpaired) electrons. The maximum Gasteiger partial charge on any atom is 0.122 e. The van der Waals surface area contributed by atoms with Crippen LogP contribution in [0.3, 0.4) is 0 Å². The molecule has 0 saturated heterocycles. The summed E-state index contributed by atoms with van der Waals surface area (Å²) in [6.07, 6.45) is 0.939. The van der Waals surface area contributed by atoms with Gasteiger partial charge in [-0.1, -0.05) is 35.9 Å². The predicted octanol–water partition coefficient (Wildman–Crippen LogP) is 4.51. The number of halogens is 1. The summed E-state index contributed by atoms with van der Waals surface area (Å²) in [5.41, 5.74) is 3.39. The number of benzene rings is 2. The Labute approximate surface area is 132 Å². The molecule has 2 nitrogen and oxygen atoms in total. The molecular formula is C18H22ClNO. The third kappa shape index (κ3) is 3.78. The first-order valence-electron chi connectivity index (χ1n) is 7.11. The Kier molecular flexibility index (Phi) is 5.27. The van der Waals surface area contributed by atoms with E-state index in [1.54, 1.807) is 7.11 Å². The van der Waals surface area contributed by atoms with Crippen LogP contribution in [-0.2, 0) is 6.42 Å². The van der Waals surface area contributed by atoms with Gasteiger partial charge in [0.05, 0.1) is 7.11 Å². The summed E-state index contributed by atoms with van der Waals surface area (Å²) >= 11 is 6.30. The number of rotatable bonds is 5. The molecule has 2 aromatic rings. The third-order valence-corrected chi connectivity index (χ3v) is 4.19. The predicted molar refractivity (Wildman–Crippen MR) is 90.3 cm³/mol. The highest BCUT2D eigenvalue weighted by molar-refractivity contribution is 6.33. The molecule has 1 atom stereocenters. The highest BCUT2D eigenvalue weighted by Gasteiger charge is 2.12. The zero-order valence-corrected chi connectivity index (χ0v) is 13.8. The summed E-state index contributed by atoms with van der Waals surface area (Å²) < 4.78 is 5.50. The van der Waals surface area contributed by atoms with E-state index in [4.69, 9.17) is 16.3 Å². The fourth-order valence-corrected chi connectivity index (χ4v) is 2.55. The second kappa shape index (κ2) is 6.97. The van der Waals surface area contributed by atoms with Crippen molar-refractivity contribution in [3.63, 3.8) is 0 Å². The monoisotopic (exact) mass is 303 g/mol. The van der Waals surface area contributed by atoms with Crippen molar-refractivity contribution in [3.05, 3.63) is 53.1 Å². The smallest absolute Gasteiger partial charge is 0.122 e. The first-order valence-corrected chi connectivity index (χ1v) is 7.49. The van der Waals surface area contributed by atoms with Gasteiger partial charge < -0.3 is 9.64 Å². The lowest BCUT2D eigenvalue weighted by molar-refractivity contribution is 0.308. The van der Waals surface area contributed by atoms with Crippen LogP contribution in [0, 0.1) is 0 Å². The van der Waals surface area contributed by atoms with Crippen molar-refractivity contribution >= 4 is 11.6 Å². The Bertz CT molecular complexity index is 610. The van der Waals surface area contributed by atoms with Gasteiger partial charge in [-0.3, -0.25) is 0 Å². The Hall–Kier alpha value is -1.51. The standard InChI is InChI=1S/C18H22ClNO/c1-13(20(2)3)11-15-12-14(9-10-18(15)21-4)16-7-5-6-8-17(16)19/h5-10,12-13H,11H2,1-4H3. The van der Waals surface area contributed by atoms with E-state index < -0.39 is 0 Å². The molecule has 112 valence electrons. The zero-order chi connectivity index (χ0) is 15.4. The van der Waals surface area contributed by atoms with Gasteiger partial charge in [0.2, 0.25) is 0 Å². The van der Waals surface area contributed by atoms with Crippen molar-refractivity contribution in [2.24, 2.45) is 0 Å². The van der Waals surface area contributed by atoms with Crippen molar-refractivity contribution in [2.75, 3.05) is 21.2 Å². The summed E-state index contributed by atoms with van der Waals surface area (Å²) in [6, 6.07) is 14.6. The molecule has 0 aliphatic carbocycles. The van der Waals surface area contributed by atoms with Crippen LogP contribution < -0.4 is 4.74 Å². The van der Waals surface area contributed by atoms with E-state index in [-0.39, 0.29) is 0 Å². The van der Waals surface area contributed by atoms with Gasteiger partial charge in [0, 0.05) is 16.6 Å². The second-order valence-electron chi connectivity index (χ2n) is 5.52. The molecule has 0 N–H and O–H groups in total. The molecule has 0 bridgehead atoms. The summed E-state index contributed by atoms with van der Waals surface area (Å²) in [6.45, 7) is 2.21. The minimum atomic E-state index is 0.445. The van der Waals surface area contributed by atoms with Crippen LogP contribution in [0.15, 0.2) is 42.5 Å². The quantitative estimate of drug-likeness (QED) is 0.806. The minimum Gasteiger partial charge on any atom is -0.496 e. The van der Waals surface area contributed by atoms with Crippen LogP contribution in [-0.4, -0.2) is 32.1 Å². The van der Waals surface area contributed by atoms with Crippen LogP contribution in [0.1, 0.15) is 12.5 Å². The van der Waals surface area contributed by atoms with Crippen molar-refractivity contribution in [3.8, 4) is 16.9 Å². The van der Waals surface area contributed by atoms with Crippen LogP contribution in [0.2, 0.25) is 5.02 Å². The van der Waals surface area contributed by atoms with E-state index in [0.717, 1.165) is 28.3 Å². The molecule has 0 aliphatic rings.